The number of hydrogen-bond acceptors (Lipinski definition) is 7. The highest BCUT2D eigenvalue weighted by Crippen LogP contribution is 2.32. The Bertz CT molecular complexity index is 1210. The molecule has 196 valence electrons. The highest BCUT2D eigenvalue weighted by atomic mass is 35.5. The second-order valence-corrected chi connectivity index (χ2v) is 10.3. The zero-order chi connectivity index (χ0) is 26.2. The van der Waals surface area contributed by atoms with Crippen molar-refractivity contribution in [3.8, 4) is 22.6 Å². The Balaban J connectivity index is 1.22. The molecule has 3 aromatic rings. The molecular weight excluding hydrogens is 515 g/mol. The number of amides is 1. The zero-order valence-corrected chi connectivity index (χ0v) is 22.4. The van der Waals surface area contributed by atoms with E-state index in [1.54, 1.807) is 32.7 Å². The van der Waals surface area contributed by atoms with Crippen molar-refractivity contribution < 1.29 is 18.7 Å². The monoisotopic (exact) mass is 544 g/mol. The molecule has 1 aromatic heterocycles. The number of likely N-dealkylation sites (tertiary alicyclic amines) is 1. The molecule has 1 N–H and O–H groups in total. The van der Waals surface area contributed by atoms with Gasteiger partial charge in [0.2, 0.25) is 5.91 Å². The van der Waals surface area contributed by atoms with E-state index in [-0.39, 0.29) is 16.7 Å². The Morgan fingerprint density at radius 3 is 2.65 bits per heavy atom. The summed E-state index contributed by atoms with van der Waals surface area (Å²) < 4.78 is 24.4. The van der Waals surface area contributed by atoms with E-state index in [4.69, 9.17) is 21.1 Å². The van der Waals surface area contributed by atoms with Gasteiger partial charge in [0.05, 0.1) is 25.0 Å². The van der Waals surface area contributed by atoms with E-state index in [0.29, 0.717) is 35.7 Å². The molecule has 1 aliphatic heterocycles. The van der Waals surface area contributed by atoms with E-state index < -0.39 is 5.82 Å². The lowest BCUT2D eigenvalue weighted by Gasteiger charge is -2.32. The largest absolute Gasteiger partial charge is 0.493 e. The third kappa shape index (κ3) is 7.56. The summed E-state index contributed by atoms with van der Waals surface area (Å²) in [6.45, 7) is 3.11. The van der Waals surface area contributed by atoms with E-state index in [1.165, 1.54) is 17.8 Å². The highest BCUT2D eigenvalue weighted by molar-refractivity contribution is 7.99. The number of halogens is 2. The summed E-state index contributed by atoms with van der Waals surface area (Å²) in [7, 11) is 3.19. The number of nitrogens with one attached hydrogen (secondary N) is 1. The van der Waals surface area contributed by atoms with Gasteiger partial charge in [0.1, 0.15) is 5.82 Å². The maximum absolute atomic E-state index is 13.7. The van der Waals surface area contributed by atoms with Crippen LogP contribution in [0.15, 0.2) is 53.9 Å². The average molecular weight is 545 g/mol. The van der Waals surface area contributed by atoms with E-state index in [0.717, 1.165) is 42.6 Å². The van der Waals surface area contributed by atoms with Gasteiger partial charge in [-0.3, -0.25) is 9.69 Å². The molecule has 0 aliphatic carbocycles. The summed E-state index contributed by atoms with van der Waals surface area (Å²) in [6.07, 6.45) is 5.57. The van der Waals surface area contributed by atoms with Crippen LogP contribution in [0.2, 0.25) is 5.02 Å². The van der Waals surface area contributed by atoms with Crippen LogP contribution in [0.3, 0.4) is 0 Å². The normalized spacial score (nSPS) is 15.8. The van der Waals surface area contributed by atoms with E-state index in [2.05, 4.69) is 20.2 Å². The fraction of sp³-hybridized carbons (Fsp3) is 0.370. The Kier molecular flexibility index (Phi) is 9.60. The number of benzene rings is 2. The van der Waals surface area contributed by atoms with Gasteiger partial charge in [-0.15, -0.1) is 0 Å². The van der Waals surface area contributed by atoms with Crippen LogP contribution >= 0.6 is 23.4 Å². The number of thioether (sulfide) groups is 1. The molecule has 1 atom stereocenters. The molecule has 2 aromatic carbocycles. The Labute approximate surface area is 225 Å². The molecular formula is C27H30ClFN4O3S. The number of carbonyl (C=O) groups excluding carboxylic acids is 1. The third-order valence-corrected chi connectivity index (χ3v) is 7.44. The van der Waals surface area contributed by atoms with Crippen molar-refractivity contribution in [2.24, 2.45) is 5.92 Å². The van der Waals surface area contributed by atoms with Crippen molar-refractivity contribution in [3.05, 3.63) is 65.2 Å². The van der Waals surface area contributed by atoms with Gasteiger partial charge in [0.25, 0.3) is 0 Å². The maximum Gasteiger partial charge on any atom is 0.230 e. The van der Waals surface area contributed by atoms with Crippen LogP contribution in [0, 0.1) is 11.7 Å². The maximum atomic E-state index is 13.7. The lowest BCUT2D eigenvalue weighted by Crippen LogP contribution is -2.41. The van der Waals surface area contributed by atoms with E-state index >= 15 is 0 Å². The summed E-state index contributed by atoms with van der Waals surface area (Å²) in [5.41, 5.74) is 2.66. The fourth-order valence-electron chi connectivity index (χ4n) is 4.35. The lowest BCUT2D eigenvalue weighted by molar-refractivity contribution is -0.118. The van der Waals surface area contributed by atoms with Crippen LogP contribution in [0.1, 0.15) is 18.4 Å². The molecule has 10 heteroatoms. The third-order valence-electron chi connectivity index (χ3n) is 6.26. The lowest BCUT2D eigenvalue weighted by atomic mass is 9.97. The van der Waals surface area contributed by atoms with Crippen molar-refractivity contribution in [3.63, 3.8) is 0 Å². The minimum Gasteiger partial charge on any atom is -0.493 e. The molecule has 37 heavy (non-hydrogen) atoms. The Morgan fingerprint density at radius 2 is 1.92 bits per heavy atom. The molecule has 0 saturated carbocycles. The van der Waals surface area contributed by atoms with Crippen molar-refractivity contribution in [2.45, 2.75) is 24.5 Å². The topological polar surface area (TPSA) is 76.6 Å². The van der Waals surface area contributed by atoms with Gasteiger partial charge in [-0.1, -0.05) is 35.5 Å². The number of hydrogen-bond donors (Lipinski definition) is 1. The zero-order valence-electron chi connectivity index (χ0n) is 20.9. The average Bonchev–Trinajstić information content (AvgIpc) is 2.93. The fourth-order valence-corrected chi connectivity index (χ4v) is 5.09. The molecule has 1 amide bonds. The number of nitrogens with zero attached hydrogens (tertiary/aromatic N) is 3. The van der Waals surface area contributed by atoms with Gasteiger partial charge in [0.15, 0.2) is 16.7 Å². The van der Waals surface area contributed by atoms with Gasteiger partial charge in [-0.25, -0.2) is 14.4 Å². The van der Waals surface area contributed by atoms with E-state index in [1.807, 2.05) is 24.3 Å². The van der Waals surface area contributed by atoms with Crippen LogP contribution in [-0.4, -0.2) is 60.4 Å². The van der Waals surface area contributed by atoms with Crippen LogP contribution in [0.25, 0.3) is 11.1 Å². The van der Waals surface area contributed by atoms with Crippen molar-refractivity contribution in [1.82, 2.24) is 20.2 Å². The second kappa shape index (κ2) is 13.1. The second-order valence-electron chi connectivity index (χ2n) is 8.91. The quantitative estimate of drug-likeness (QED) is 0.282. The van der Waals surface area contributed by atoms with Crippen LogP contribution in [0.4, 0.5) is 4.39 Å². The standard InChI is InChI=1S/C27H30ClFN4O3S/c1-35-24-8-6-20(11-25(24)36-2)21-13-31-27(32-14-21)37-17-26(34)30-12-19-4-3-9-33(16-19)15-18-5-7-22(28)23(29)10-18/h5-8,10-11,13-14,19H,3-4,9,12,15-17H2,1-2H3,(H,30,34). The van der Waals surface area contributed by atoms with E-state index in [9.17, 15) is 9.18 Å². The molecule has 1 fully saturated rings. The highest BCUT2D eigenvalue weighted by Gasteiger charge is 2.21. The summed E-state index contributed by atoms with van der Waals surface area (Å²) >= 11 is 7.09. The van der Waals surface area contributed by atoms with Gasteiger partial charge in [-0.2, -0.15) is 0 Å². The van der Waals surface area contributed by atoms with Crippen LogP contribution < -0.4 is 14.8 Å². The summed E-state index contributed by atoms with van der Waals surface area (Å²) in [4.78, 5) is 23.5. The SMILES string of the molecule is COc1ccc(-c2cnc(SCC(=O)NCC3CCCN(Cc4ccc(Cl)c(F)c4)C3)nc2)cc1OC. The summed E-state index contributed by atoms with van der Waals surface area (Å²) in [5, 5.41) is 3.72. The first kappa shape index (κ1) is 27.2. The first-order chi connectivity index (χ1) is 17.9. The van der Waals surface area contributed by atoms with Gasteiger partial charge < -0.3 is 14.8 Å². The first-order valence-corrected chi connectivity index (χ1v) is 13.4. The number of ether oxygens (including phenoxy) is 2. The van der Waals surface area contributed by atoms with Crippen LogP contribution in [0.5, 0.6) is 11.5 Å². The molecule has 7 nitrogen and oxygen atoms in total. The Hall–Kier alpha value is -2.88. The number of aromatic nitrogens is 2. The molecule has 0 spiro atoms. The first-order valence-electron chi connectivity index (χ1n) is 12.1. The molecule has 1 saturated heterocycles. The number of methoxy groups -OCH3 is 2. The molecule has 4 rings (SSSR count). The number of piperidine rings is 1. The predicted molar refractivity (Wildman–Crippen MR) is 144 cm³/mol. The minimum atomic E-state index is -0.392. The number of rotatable bonds is 10. The van der Waals surface area contributed by atoms with Gasteiger partial charge in [-0.05, 0) is 60.7 Å². The molecule has 0 bridgehead atoms. The summed E-state index contributed by atoms with van der Waals surface area (Å²) in [5.74, 6) is 1.46. The smallest absolute Gasteiger partial charge is 0.230 e. The molecule has 2 heterocycles. The van der Waals surface area contributed by atoms with Crippen molar-refractivity contribution >= 4 is 29.3 Å². The van der Waals surface area contributed by atoms with Crippen molar-refractivity contribution in [1.29, 1.82) is 0 Å². The molecule has 0 radical (unpaired) electrons. The molecule has 1 unspecified atom stereocenters. The predicted octanol–water partition coefficient (Wildman–Crippen LogP) is 5.07. The minimum absolute atomic E-state index is 0.0468. The van der Waals surface area contributed by atoms with Crippen molar-refractivity contribution in [2.75, 3.05) is 39.6 Å². The summed E-state index contributed by atoms with van der Waals surface area (Å²) in [6, 6.07) is 10.6. The number of carbonyl (C=O) groups is 1. The van der Waals surface area contributed by atoms with Gasteiger partial charge >= 0.3 is 0 Å². The van der Waals surface area contributed by atoms with Crippen LogP contribution in [-0.2, 0) is 11.3 Å². The molecule has 1 aliphatic rings. The Morgan fingerprint density at radius 1 is 1.14 bits per heavy atom. The van der Waals surface area contributed by atoms with Gasteiger partial charge in [0, 0.05) is 37.6 Å².